The fraction of sp³-hybridized carbons (Fsp3) is 0.304. The van der Waals surface area contributed by atoms with E-state index < -0.39 is 0 Å². The van der Waals surface area contributed by atoms with Crippen LogP contribution in [0.5, 0.6) is 0 Å². The average molecular weight is 452 g/mol. The monoisotopic (exact) mass is 451 g/mol. The standard InChI is InChI=1S/C23H22BrN3O2/c24-17-9-10-18-16(13-17)8-11-19-21(18)26-22(25-19)20-7-4-12-27(20)23(28)29-14-15-5-2-1-3-6-15/h1-3,5-6,9-10,13,20H,4,7-8,11-12,14H2,(H,25,26)/t20-/m0/s1. The van der Waals surface area contributed by atoms with E-state index in [1.165, 1.54) is 16.8 Å². The number of aromatic nitrogens is 2. The van der Waals surface area contributed by atoms with E-state index in [-0.39, 0.29) is 12.1 Å². The molecule has 0 spiro atoms. The molecule has 5 nitrogen and oxygen atoms in total. The Bertz CT molecular complexity index is 1050. The van der Waals surface area contributed by atoms with Gasteiger partial charge in [-0.2, -0.15) is 0 Å². The molecule has 29 heavy (non-hydrogen) atoms. The van der Waals surface area contributed by atoms with Crippen molar-refractivity contribution in [2.75, 3.05) is 6.54 Å². The molecule has 1 atom stereocenters. The highest BCUT2D eigenvalue weighted by atomic mass is 79.9. The van der Waals surface area contributed by atoms with E-state index in [4.69, 9.17) is 9.72 Å². The lowest BCUT2D eigenvalue weighted by atomic mass is 9.92. The highest BCUT2D eigenvalue weighted by molar-refractivity contribution is 9.10. The van der Waals surface area contributed by atoms with Crippen LogP contribution in [0.15, 0.2) is 53.0 Å². The second-order valence-corrected chi connectivity index (χ2v) is 8.56. The first kappa shape index (κ1) is 18.4. The maximum absolute atomic E-state index is 12.7. The Kier molecular flexibility index (Phi) is 4.87. The van der Waals surface area contributed by atoms with Crippen molar-refractivity contribution in [3.8, 4) is 11.3 Å². The molecule has 0 unspecified atom stereocenters. The Morgan fingerprint density at radius 1 is 1.21 bits per heavy atom. The van der Waals surface area contributed by atoms with Crippen LogP contribution in [0.4, 0.5) is 4.79 Å². The lowest BCUT2D eigenvalue weighted by molar-refractivity contribution is 0.0909. The third-order valence-corrected chi connectivity index (χ3v) is 6.27. The molecular formula is C23H22BrN3O2. The minimum Gasteiger partial charge on any atom is -0.445 e. The van der Waals surface area contributed by atoms with Gasteiger partial charge in [-0.25, -0.2) is 9.78 Å². The van der Waals surface area contributed by atoms with Gasteiger partial charge in [0, 0.05) is 22.3 Å². The highest BCUT2D eigenvalue weighted by Gasteiger charge is 2.34. The first-order valence-electron chi connectivity index (χ1n) is 10.0. The van der Waals surface area contributed by atoms with Gasteiger partial charge >= 0.3 is 6.09 Å². The van der Waals surface area contributed by atoms with Crippen molar-refractivity contribution in [1.29, 1.82) is 0 Å². The number of nitrogens with zero attached hydrogens (tertiary/aromatic N) is 2. The first-order valence-corrected chi connectivity index (χ1v) is 10.8. The average Bonchev–Trinajstić information content (AvgIpc) is 3.39. The van der Waals surface area contributed by atoms with Gasteiger partial charge in [0.1, 0.15) is 12.4 Å². The van der Waals surface area contributed by atoms with E-state index in [0.29, 0.717) is 13.2 Å². The second kappa shape index (κ2) is 7.67. The molecular weight excluding hydrogens is 430 g/mol. The zero-order chi connectivity index (χ0) is 19.8. The van der Waals surface area contributed by atoms with Crippen molar-refractivity contribution < 1.29 is 9.53 Å². The summed E-state index contributed by atoms with van der Waals surface area (Å²) >= 11 is 3.56. The summed E-state index contributed by atoms with van der Waals surface area (Å²) in [5.74, 6) is 0.875. The summed E-state index contributed by atoms with van der Waals surface area (Å²) in [6.07, 6.45) is 3.53. The molecule has 0 saturated carbocycles. The van der Waals surface area contributed by atoms with Crippen LogP contribution in [0.25, 0.3) is 11.3 Å². The van der Waals surface area contributed by atoms with Gasteiger partial charge in [0.05, 0.1) is 11.7 Å². The van der Waals surface area contributed by atoms with Gasteiger partial charge in [-0.15, -0.1) is 0 Å². The number of halogens is 1. The Hall–Kier alpha value is -2.60. The van der Waals surface area contributed by atoms with E-state index in [0.717, 1.165) is 47.2 Å². The number of amides is 1. The molecule has 2 aromatic carbocycles. The molecule has 5 rings (SSSR count). The van der Waals surface area contributed by atoms with Gasteiger partial charge in [0.15, 0.2) is 0 Å². The molecule has 1 aliphatic heterocycles. The van der Waals surface area contributed by atoms with Gasteiger partial charge in [0.25, 0.3) is 0 Å². The molecule has 1 saturated heterocycles. The molecule has 148 valence electrons. The first-order chi connectivity index (χ1) is 14.2. The Morgan fingerprint density at radius 2 is 2.07 bits per heavy atom. The predicted octanol–water partition coefficient (Wildman–Crippen LogP) is 5.41. The molecule has 2 aliphatic rings. The lowest BCUT2D eigenvalue weighted by Crippen LogP contribution is -2.31. The minimum atomic E-state index is -0.268. The molecule has 0 radical (unpaired) electrons. The van der Waals surface area contributed by atoms with Gasteiger partial charge in [-0.1, -0.05) is 52.3 Å². The molecule has 3 aromatic rings. The van der Waals surface area contributed by atoms with Crippen LogP contribution in [0.1, 0.15) is 41.5 Å². The number of hydrogen-bond acceptors (Lipinski definition) is 3. The summed E-state index contributed by atoms with van der Waals surface area (Å²) in [6.45, 7) is 0.993. The number of aryl methyl sites for hydroxylation is 2. The fourth-order valence-corrected chi connectivity index (χ4v) is 4.73. The van der Waals surface area contributed by atoms with Crippen LogP contribution in [-0.2, 0) is 24.2 Å². The van der Waals surface area contributed by atoms with Gasteiger partial charge in [0.2, 0.25) is 0 Å². The largest absolute Gasteiger partial charge is 0.445 e. The van der Waals surface area contributed by atoms with Crippen LogP contribution >= 0.6 is 15.9 Å². The SMILES string of the molecule is O=C(OCc1ccccc1)N1CCC[C@H]1c1nc2c([nH]1)CCc1cc(Br)ccc1-2. The van der Waals surface area contributed by atoms with Crippen LogP contribution in [-0.4, -0.2) is 27.5 Å². The number of ether oxygens (including phenoxy) is 1. The topological polar surface area (TPSA) is 58.2 Å². The molecule has 1 aromatic heterocycles. The minimum absolute atomic E-state index is 0.0530. The van der Waals surface area contributed by atoms with Crippen molar-refractivity contribution in [2.24, 2.45) is 0 Å². The summed E-state index contributed by atoms with van der Waals surface area (Å²) in [5, 5.41) is 0. The van der Waals surface area contributed by atoms with E-state index >= 15 is 0 Å². The Morgan fingerprint density at radius 3 is 2.93 bits per heavy atom. The number of hydrogen-bond donors (Lipinski definition) is 1. The maximum atomic E-state index is 12.7. The van der Waals surface area contributed by atoms with Crippen LogP contribution in [0.3, 0.4) is 0 Å². The summed E-state index contributed by atoms with van der Waals surface area (Å²) in [6, 6.07) is 16.1. The predicted molar refractivity (Wildman–Crippen MR) is 114 cm³/mol. The normalized spacial score (nSPS) is 17.7. The van der Waals surface area contributed by atoms with E-state index in [1.807, 2.05) is 35.2 Å². The Balaban J connectivity index is 1.36. The number of H-pyrrole nitrogens is 1. The molecule has 1 N–H and O–H groups in total. The quantitative estimate of drug-likeness (QED) is 0.578. The van der Waals surface area contributed by atoms with Crippen LogP contribution in [0, 0.1) is 0 Å². The number of likely N-dealkylation sites (tertiary alicyclic amines) is 1. The van der Waals surface area contributed by atoms with Crippen molar-refractivity contribution in [3.63, 3.8) is 0 Å². The van der Waals surface area contributed by atoms with Crippen molar-refractivity contribution in [1.82, 2.24) is 14.9 Å². The summed E-state index contributed by atoms with van der Waals surface area (Å²) in [4.78, 5) is 23.0. The molecule has 1 aliphatic carbocycles. The van der Waals surface area contributed by atoms with Crippen molar-refractivity contribution in [3.05, 3.63) is 75.6 Å². The fourth-order valence-electron chi connectivity index (χ4n) is 4.32. The number of aromatic amines is 1. The molecule has 1 amide bonds. The smallest absolute Gasteiger partial charge is 0.410 e. The van der Waals surface area contributed by atoms with Crippen LogP contribution in [0.2, 0.25) is 0 Å². The number of nitrogens with one attached hydrogen (secondary N) is 1. The second-order valence-electron chi connectivity index (χ2n) is 7.64. The number of carbonyl (C=O) groups excluding carboxylic acids is 1. The van der Waals surface area contributed by atoms with Gasteiger partial charge in [-0.05, 0) is 48.9 Å². The highest BCUT2D eigenvalue weighted by Crippen LogP contribution is 2.37. The van der Waals surface area contributed by atoms with E-state index in [1.54, 1.807) is 0 Å². The molecule has 2 heterocycles. The van der Waals surface area contributed by atoms with Crippen molar-refractivity contribution in [2.45, 2.75) is 38.3 Å². The number of rotatable bonds is 3. The molecule has 1 fully saturated rings. The number of imidazole rings is 1. The number of carbonyl (C=O) groups is 1. The molecule has 0 bridgehead atoms. The lowest BCUT2D eigenvalue weighted by Gasteiger charge is -2.22. The van der Waals surface area contributed by atoms with Crippen molar-refractivity contribution >= 4 is 22.0 Å². The molecule has 6 heteroatoms. The number of benzene rings is 2. The van der Waals surface area contributed by atoms with Crippen LogP contribution < -0.4 is 0 Å². The third-order valence-electron chi connectivity index (χ3n) is 5.77. The third kappa shape index (κ3) is 3.57. The van der Waals surface area contributed by atoms with E-state index in [2.05, 4.69) is 39.1 Å². The maximum Gasteiger partial charge on any atom is 0.410 e. The summed E-state index contributed by atoms with van der Waals surface area (Å²) < 4.78 is 6.67. The zero-order valence-electron chi connectivity index (χ0n) is 16.0. The van der Waals surface area contributed by atoms with Gasteiger partial charge in [-0.3, -0.25) is 4.90 Å². The summed E-state index contributed by atoms with van der Waals surface area (Å²) in [5.41, 5.74) is 5.69. The Labute approximate surface area is 178 Å². The van der Waals surface area contributed by atoms with Gasteiger partial charge < -0.3 is 9.72 Å². The van der Waals surface area contributed by atoms with E-state index in [9.17, 15) is 4.79 Å². The number of fused-ring (bicyclic) bond motifs is 3. The zero-order valence-corrected chi connectivity index (χ0v) is 17.6. The summed E-state index contributed by atoms with van der Waals surface area (Å²) in [7, 11) is 0.